The molecule has 34 heavy (non-hydrogen) atoms. The van der Waals surface area contributed by atoms with Gasteiger partial charge in [-0.2, -0.15) is 5.26 Å². The lowest BCUT2D eigenvalue weighted by molar-refractivity contribution is -0.143. The van der Waals surface area contributed by atoms with E-state index in [1.807, 2.05) is 26.0 Å². The van der Waals surface area contributed by atoms with Crippen molar-refractivity contribution in [2.24, 2.45) is 11.8 Å². The first-order valence-corrected chi connectivity index (χ1v) is 11.7. The molecule has 1 heterocycles. The van der Waals surface area contributed by atoms with Gasteiger partial charge in [0, 0.05) is 18.3 Å². The first-order valence-electron chi connectivity index (χ1n) is 11.7. The van der Waals surface area contributed by atoms with Gasteiger partial charge in [-0.3, -0.25) is 9.59 Å². The fourth-order valence-corrected chi connectivity index (χ4v) is 4.44. The number of carboxylic acids is 1. The smallest absolute Gasteiger partial charge is 0.306 e. The van der Waals surface area contributed by atoms with Crippen molar-refractivity contribution in [1.29, 1.82) is 5.26 Å². The van der Waals surface area contributed by atoms with Crippen LogP contribution in [0.5, 0.6) is 5.75 Å². The Labute approximate surface area is 200 Å². The number of carboxylic acid groups (broad SMARTS) is 1. The van der Waals surface area contributed by atoms with Crippen LogP contribution < -0.4 is 15.4 Å². The molecule has 0 unspecified atom stereocenters. The summed E-state index contributed by atoms with van der Waals surface area (Å²) in [4.78, 5) is 28.3. The summed E-state index contributed by atoms with van der Waals surface area (Å²) in [6, 6.07) is 9.20. The van der Waals surface area contributed by atoms with Crippen molar-refractivity contribution < 1.29 is 19.4 Å². The van der Waals surface area contributed by atoms with Crippen LogP contribution in [-0.4, -0.2) is 35.6 Å². The van der Waals surface area contributed by atoms with E-state index in [2.05, 4.69) is 21.7 Å². The molecule has 2 aromatic rings. The molecule has 1 saturated carbocycles. The Kier molecular flexibility index (Phi) is 8.47. The van der Waals surface area contributed by atoms with Gasteiger partial charge in [0.05, 0.1) is 36.3 Å². The van der Waals surface area contributed by atoms with Crippen LogP contribution in [0.15, 0.2) is 30.5 Å². The Balaban J connectivity index is 1.64. The first kappa shape index (κ1) is 25.0. The second-order valence-electron chi connectivity index (χ2n) is 8.83. The number of benzene rings is 1. The van der Waals surface area contributed by atoms with Gasteiger partial charge >= 0.3 is 5.97 Å². The zero-order valence-electron chi connectivity index (χ0n) is 19.9. The third-order valence-corrected chi connectivity index (χ3v) is 6.54. The minimum Gasteiger partial charge on any atom is -0.496 e. The number of aromatic nitrogens is 1. The van der Waals surface area contributed by atoms with Gasteiger partial charge in [-0.25, -0.2) is 4.98 Å². The lowest BCUT2D eigenvalue weighted by Gasteiger charge is -2.26. The maximum absolute atomic E-state index is 12.7. The number of carbonyl (C=O) groups is 2. The van der Waals surface area contributed by atoms with Gasteiger partial charge in [-0.05, 0) is 74.8 Å². The molecule has 3 rings (SSSR count). The lowest BCUT2D eigenvalue weighted by atomic mass is 9.82. The van der Waals surface area contributed by atoms with Crippen LogP contribution in [-0.2, 0) is 4.79 Å². The summed E-state index contributed by atoms with van der Waals surface area (Å²) in [5, 5.41) is 24.8. The predicted octanol–water partition coefficient (Wildman–Crippen LogP) is 4.45. The van der Waals surface area contributed by atoms with Gasteiger partial charge < -0.3 is 20.5 Å². The number of nitrogens with zero attached hydrogens (tertiary/aromatic N) is 2. The SMILES string of the molecule is CC[C@@H](Nc1ncc(C(=O)NC[C@H]2CC[C@H](C(=O)O)CC2)cc1C)c1cc(C#N)ccc1OC. The van der Waals surface area contributed by atoms with Gasteiger partial charge in [0.1, 0.15) is 11.6 Å². The van der Waals surface area contributed by atoms with Gasteiger partial charge in [0.15, 0.2) is 0 Å². The zero-order valence-corrected chi connectivity index (χ0v) is 19.9. The van der Waals surface area contributed by atoms with E-state index in [-0.39, 0.29) is 17.9 Å². The van der Waals surface area contributed by atoms with Crippen molar-refractivity contribution in [2.45, 2.75) is 52.0 Å². The number of aryl methyl sites for hydroxylation is 1. The number of hydrogen-bond donors (Lipinski definition) is 3. The summed E-state index contributed by atoms with van der Waals surface area (Å²) < 4.78 is 5.49. The largest absolute Gasteiger partial charge is 0.496 e. The molecule has 0 bridgehead atoms. The number of pyridine rings is 1. The van der Waals surface area contributed by atoms with Crippen molar-refractivity contribution in [2.75, 3.05) is 19.0 Å². The molecule has 0 saturated heterocycles. The molecule has 3 N–H and O–H groups in total. The molecular formula is C26H32N4O4. The molecule has 1 atom stereocenters. The van der Waals surface area contributed by atoms with E-state index in [9.17, 15) is 14.9 Å². The van der Waals surface area contributed by atoms with E-state index >= 15 is 0 Å². The normalized spacial score (nSPS) is 18.4. The predicted molar refractivity (Wildman–Crippen MR) is 129 cm³/mol. The average Bonchev–Trinajstić information content (AvgIpc) is 2.86. The number of rotatable bonds is 9. The summed E-state index contributed by atoms with van der Waals surface area (Å²) >= 11 is 0. The van der Waals surface area contributed by atoms with Crippen molar-refractivity contribution >= 4 is 17.7 Å². The molecule has 1 aromatic heterocycles. The van der Waals surface area contributed by atoms with Crippen LogP contribution in [0.3, 0.4) is 0 Å². The highest BCUT2D eigenvalue weighted by molar-refractivity contribution is 5.94. The fourth-order valence-electron chi connectivity index (χ4n) is 4.44. The summed E-state index contributed by atoms with van der Waals surface area (Å²) in [6.45, 7) is 4.48. The Hall–Kier alpha value is -3.60. The van der Waals surface area contributed by atoms with E-state index in [1.54, 1.807) is 25.4 Å². The Bertz CT molecular complexity index is 1070. The number of aliphatic carboxylic acids is 1. The molecule has 1 aromatic carbocycles. The van der Waals surface area contributed by atoms with Crippen LogP contribution in [0.2, 0.25) is 0 Å². The number of nitriles is 1. The van der Waals surface area contributed by atoms with E-state index in [0.717, 1.165) is 30.4 Å². The summed E-state index contributed by atoms with van der Waals surface area (Å²) in [5.41, 5.74) is 2.76. The Morgan fingerprint density at radius 3 is 2.59 bits per heavy atom. The quantitative estimate of drug-likeness (QED) is 0.500. The van der Waals surface area contributed by atoms with E-state index in [4.69, 9.17) is 9.84 Å². The summed E-state index contributed by atoms with van der Waals surface area (Å²) in [5.74, 6) is 0.508. The molecule has 8 nitrogen and oxygen atoms in total. The number of amides is 1. The number of nitrogens with one attached hydrogen (secondary N) is 2. The molecule has 8 heteroatoms. The lowest BCUT2D eigenvalue weighted by Crippen LogP contribution is -2.32. The van der Waals surface area contributed by atoms with Crippen molar-refractivity contribution in [3.8, 4) is 11.8 Å². The number of hydrogen-bond acceptors (Lipinski definition) is 6. The number of carbonyl (C=O) groups excluding carboxylic acids is 1. The maximum Gasteiger partial charge on any atom is 0.306 e. The second-order valence-corrected chi connectivity index (χ2v) is 8.83. The van der Waals surface area contributed by atoms with Gasteiger partial charge in [-0.15, -0.1) is 0 Å². The topological polar surface area (TPSA) is 124 Å². The third kappa shape index (κ3) is 6.04. The van der Waals surface area contributed by atoms with E-state index < -0.39 is 5.97 Å². The standard InChI is InChI=1S/C26H32N4O4/c1-4-22(21-12-18(13-27)7-10-23(21)34-3)30-24-16(2)11-20(15-28-24)25(31)29-14-17-5-8-19(9-6-17)26(32)33/h7,10-12,15,17,19,22H,4-6,8-9,14H2,1-3H3,(H,28,30)(H,29,31)(H,32,33)/t17-,19-,22-/m1/s1. The molecule has 1 fully saturated rings. The highest BCUT2D eigenvalue weighted by atomic mass is 16.5. The van der Waals surface area contributed by atoms with Gasteiger partial charge in [0.25, 0.3) is 5.91 Å². The van der Waals surface area contributed by atoms with Crippen molar-refractivity contribution in [3.05, 3.63) is 52.7 Å². The molecule has 0 spiro atoms. The van der Waals surface area contributed by atoms with Crippen LogP contribution in [0.4, 0.5) is 5.82 Å². The Morgan fingerprint density at radius 1 is 1.26 bits per heavy atom. The maximum atomic E-state index is 12.7. The molecule has 0 radical (unpaired) electrons. The van der Waals surface area contributed by atoms with Gasteiger partial charge in [0.2, 0.25) is 0 Å². The van der Waals surface area contributed by atoms with Gasteiger partial charge in [-0.1, -0.05) is 6.92 Å². The average molecular weight is 465 g/mol. The molecular weight excluding hydrogens is 432 g/mol. The molecule has 1 aliphatic rings. The van der Waals surface area contributed by atoms with Crippen LogP contribution >= 0.6 is 0 Å². The fraction of sp³-hybridized carbons (Fsp3) is 0.462. The highest BCUT2D eigenvalue weighted by Gasteiger charge is 2.26. The first-order chi connectivity index (χ1) is 16.4. The van der Waals surface area contributed by atoms with Crippen molar-refractivity contribution in [1.82, 2.24) is 10.3 Å². The highest BCUT2D eigenvalue weighted by Crippen LogP contribution is 2.32. The van der Waals surface area contributed by atoms with E-state index in [1.165, 1.54) is 0 Å². The summed E-state index contributed by atoms with van der Waals surface area (Å²) in [7, 11) is 1.60. The molecule has 180 valence electrons. The number of anilines is 1. The summed E-state index contributed by atoms with van der Waals surface area (Å²) in [6.07, 6.45) is 5.26. The number of methoxy groups -OCH3 is 1. The van der Waals surface area contributed by atoms with Crippen LogP contribution in [0.25, 0.3) is 0 Å². The molecule has 0 aliphatic heterocycles. The van der Waals surface area contributed by atoms with E-state index in [0.29, 0.717) is 48.0 Å². The van der Waals surface area contributed by atoms with Crippen molar-refractivity contribution in [3.63, 3.8) is 0 Å². The minimum atomic E-state index is -0.723. The molecule has 1 amide bonds. The third-order valence-electron chi connectivity index (χ3n) is 6.54. The second kappa shape index (κ2) is 11.5. The zero-order chi connectivity index (χ0) is 24.7. The number of ether oxygens (including phenoxy) is 1. The monoisotopic (exact) mass is 464 g/mol. The molecule has 1 aliphatic carbocycles. The van der Waals surface area contributed by atoms with Crippen LogP contribution in [0.1, 0.15) is 72.1 Å². The van der Waals surface area contributed by atoms with Crippen LogP contribution in [0, 0.1) is 30.1 Å². The Morgan fingerprint density at radius 2 is 2.00 bits per heavy atom. The minimum absolute atomic E-state index is 0.116.